The minimum absolute atomic E-state index is 0.0511. The van der Waals surface area contributed by atoms with Gasteiger partial charge in [-0.2, -0.15) is 5.10 Å². The first-order chi connectivity index (χ1) is 14.9. The fourth-order valence-electron chi connectivity index (χ4n) is 3.89. The molecule has 1 atom stereocenters. The van der Waals surface area contributed by atoms with E-state index in [0.717, 1.165) is 11.1 Å². The van der Waals surface area contributed by atoms with Crippen LogP contribution in [0.3, 0.4) is 0 Å². The summed E-state index contributed by atoms with van der Waals surface area (Å²) in [5.74, 6) is -0.678. The Morgan fingerprint density at radius 1 is 1.16 bits per heavy atom. The Morgan fingerprint density at radius 3 is 2.61 bits per heavy atom. The van der Waals surface area contributed by atoms with E-state index in [1.165, 1.54) is 10.7 Å². The van der Waals surface area contributed by atoms with Crippen LogP contribution in [0.4, 0.5) is 10.1 Å². The monoisotopic (exact) mass is 420 g/mol. The van der Waals surface area contributed by atoms with Crippen LogP contribution in [0.25, 0.3) is 5.69 Å². The van der Waals surface area contributed by atoms with Crippen LogP contribution in [-0.2, 0) is 22.6 Å². The van der Waals surface area contributed by atoms with Gasteiger partial charge in [0, 0.05) is 37.5 Å². The van der Waals surface area contributed by atoms with E-state index in [4.69, 9.17) is 0 Å². The van der Waals surface area contributed by atoms with Crippen molar-refractivity contribution < 1.29 is 14.0 Å². The molecule has 1 aromatic heterocycles. The van der Waals surface area contributed by atoms with Crippen molar-refractivity contribution in [3.8, 4) is 5.69 Å². The molecule has 0 saturated heterocycles. The summed E-state index contributed by atoms with van der Waals surface area (Å²) >= 11 is 0. The molecule has 1 aliphatic rings. The summed E-state index contributed by atoms with van der Waals surface area (Å²) in [6, 6.07) is 13.4. The summed E-state index contributed by atoms with van der Waals surface area (Å²) in [4.78, 5) is 27.7. The van der Waals surface area contributed by atoms with E-state index in [9.17, 15) is 14.0 Å². The van der Waals surface area contributed by atoms with E-state index >= 15 is 0 Å². The molecule has 7 heteroatoms. The molecule has 1 unspecified atom stereocenters. The molecule has 4 rings (SSSR count). The third-order valence-electron chi connectivity index (χ3n) is 5.42. The van der Waals surface area contributed by atoms with Crippen molar-refractivity contribution in [1.29, 1.82) is 0 Å². The van der Waals surface area contributed by atoms with Crippen molar-refractivity contribution in [3.63, 3.8) is 0 Å². The summed E-state index contributed by atoms with van der Waals surface area (Å²) in [5, 5.41) is 6.82. The minimum atomic E-state index is -0.644. The number of fused-ring (bicyclic) bond motifs is 1. The third kappa shape index (κ3) is 4.50. The molecule has 0 fully saturated rings. The number of hydrogen-bond donors (Lipinski definition) is 1. The van der Waals surface area contributed by atoms with Gasteiger partial charge in [0.25, 0.3) is 0 Å². The van der Waals surface area contributed by atoms with Gasteiger partial charge in [0.15, 0.2) is 5.82 Å². The zero-order chi connectivity index (χ0) is 22.0. The van der Waals surface area contributed by atoms with Crippen molar-refractivity contribution in [2.75, 3.05) is 5.32 Å². The molecule has 0 aliphatic carbocycles. The average Bonchev–Trinajstić information content (AvgIpc) is 3.27. The second-order valence-corrected chi connectivity index (χ2v) is 8.21. The van der Waals surface area contributed by atoms with Crippen LogP contribution in [0.1, 0.15) is 31.4 Å². The van der Waals surface area contributed by atoms with Crippen molar-refractivity contribution >= 4 is 17.5 Å². The number of aromatic nitrogens is 2. The highest BCUT2D eigenvalue weighted by Crippen LogP contribution is 2.26. The Bertz CT molecular complexity index is 1090. The van der Waals surface area contributed by atoms with E-state index in [1.807, 2.05) is 38.1 Å². The van der Waals surface area contributed by atoms with Crippen molar-refractivity contribution in [3.05, 3.63) is 77.9 Å². The molecule has 0 bridgehead atoms. The zero-order valence-electron chi connectivity index (χ0n) is 17.6. The topological polar surface area (TPSA) is 67.2 Å². The first kappa shape index (κ1) is 20.8. The number of carbonyl (C=O) groups excluding carboxylic acids is 2. The zero-order valence-corrected chi connectivity index (χ0v) is 17.6. The van der Waals surface area contributed by atoms with Gasteiger partial charge < -0.3 is 10.2 Å². The summed E-state index contributed by atoms with van der Waals surface area (Å²) in [5.41, 5.74) is 2.74. The summed E-state index contributed by atoms with van der Waals surface area (Å²) < 4.78 is 16.0. The molecule has 1 aliphatic heterocycles. The van der Waals surface area contributed by atoms with E-state index in [2.05, 4.69) is 10.4 Å². The number of carbonyl (C=O) groups is 2. The average molecular weight is 420 g/mol. The van der Waals surface area contributed by atoms with Gasteiger partial charge in [-0.15, -0.1) is 0 Å². The molecule has 1 N–H and O–H groups in total. The number of rotatable bonds is 5. The molecular weight excluding hydrogens is 395 g/mol. The molecule has 6 nitrogen and oxygen atoms in total. The third-order valence-corrected chi connectivity index (χ3v) is 5.42. The Morgan fingerprint density at radius 2 is 1.94 bits per heavy atom. The highest BCUT2D eigenvalue weighted by atomic mass is 19.1. The van der Waals surface area contributed by atoms with Crippen LogP contribution in [0.5, 0.6) is 0 Å². The first-order valence-electron chi connectivity index (χ1n) is 10.4. The number of hydrogen-bond acceptors (Lipinski definition) is 3. The number of anilines is 1. The van der Waals surface area contributed by atoms with Crippen LogP contribution in [0.2, 0.25) is 0 Å². The molecular formula is C24H25FN4O2. The van der Waals surface area contributed by atoms with Gasteiger partial charge in [-0.3, -0.25) is 9.59 Å². The predicted molar refractivity (Wildman–Crippen MR) is 116 cm³/mol. The lowest BCUT2D eigenvalue weighted by Crippen LogP contribution is -2.50. The minimum Gasteiger partial charge on any atom is -0.326 e. The Kier molecular flexibility index (Phi) is 5.84. The van der Waals surface area contributed by atoms with Crippen LogP contribution in [0.15, 0.2) is 60.9 Å². The lowest BCUT2D eigenvalue weighted by atomic mass is 9.92. The maximum atomic E-state index is 14.6. The molecule has 3 aromatic rings. The second-order valence-electron chi connectivity index (χ2n) is 8.21. The Hall–Kier alpha value is -3.48. The SMILES string of the molecule is CC(C)CC(=O)N1Cc2ccccc2CC1C(=O)Nc1ccc(-n2cccn2)c(F)c1. The standard InChI is InChI=1S/C24H25FN4O2/c1-16(2)12-23(30)28-15-18-7-4-3-6-17(18)13-22(28)24(31)27-19-8-9-21(20(25)14-19)29-11-5-10-26-29/h3-11,14,16,22H,12-13,15H2,1-2H3,(H,27,31). The fraction of sp³-hybridized carbons (Fsp3) is 0.292. The number of benzene rings is 2. The number of halogens is 1. The molecule has 0 spiro atoms. The van der Waals surface area contributed by atoms with E-state index in [-0.39, 0.29) is 17.7 Å². The maximum absolute atomic E-state index is 14.6. The largest absolute Gasteiger partial charge is 0.326 e. The van der Waals surface area contributed by atoms with Crippen molar-refractivity contribution in [2.45, 2.75) is 39.3 Å². The quantitative estimate of drug-likeness (QED) is 0.680. The van der Waals surface area contributed by atoms with Gasteiger partial charge in [-0.25, -0.2) is 9.07 Å². The molecule has 2 aromatic carbocycles. The molecule has 31 heavy (non-hydrogen) atoms. The van der Waals surface area contributed by atoms with Gasteiger partial charge >= 0.3 is 0 Å². The van der Waals surface area contributed by atoms with Gasteiger partial charge in [0.05, 0.1) is 0 Å². The number of amides is 2. The fourth-order valence-corrected chi connectivity index (χ4v) is 3.89. The summed E-state index contributed by atoms with van der Waals surface area (Å²) in [6.45, 7) is 4.36. The Balaban J connectivity index is 1.56. The Labute approximate surface area is 180 Å². The summed E-state index contributed by atoms with van der Waals surface area (Å²) in [6.07, 6.45) is 4.02. The van der Waals surface area contributed by atoms with Crippen molar-refractivity contribution in [1.82, 2.24) is 14.7 Å². The molecule has 0 radical (unpaired) electrons. The lowest BCUT2D eigenvalue weighted by molar-refractivity contribution is -0.140. The van der Waals surface area contributed by atoms with Crippen LogP contribution < -0.4 is 5.32 Å². The van der Waals surface area contributed by atoms with Gasteiger partial charge in [-0.1, -0.05) is 38.1 Å². The predicted octanol–water partition coefficient (Wildman–Crippen LogP) is 3.95. The van der Waals surface area contributed by atoms with Crippen LogP contribution in [0, 0.1) is 11.7 Å². The second kappa shape index (κ2) is 8.71. The van der Waals surface area contributed by atoms with E-state index in [0.29, 0.717) is 30.8 Å². The van der Waals surface area contributed by atoms with Crippen LogP contribution in [-0.4, -0.2) is 32.5 Å². The van der Waals surface area contributed by atoms with Gasteiger partial charge in [-0.05, 0) is 41.3 Å². The smallest absolute Gasteiger partial charge is 0.247 e. The molecule has 2 amide bonds. The highest BCUT2D eigenvalue weighted by molar-refractivity contribution is 5.97. The van der Waals surface area contributed by atoms with Gasteiger partial charge in [0.2, 0.25) is 11.8 Å². The molecule has 160 valence electrons. The van der Waals surface area contributed by atoms with Gasteiger partial charge in [0.1, 0.15) is 11.7 Å². The number of nitrogens with one attached hydrogen (secondary N) is 1. The molecule has 2 heterocycles. The summed E-state index contributed by atoms with van der Waals surface area (Å²) in [7, 11) is 0. The number of nitrogens with zero attached hydrogens (tertiary/aromatic N) is 3. The molecule has 0 saturated carbocycles. The van der Waals surface area contributed by atoms with E-state index in [1.54, 1.807) is 35.5 Å². The normalized spacial score (nSPS) is 15.6. The van der Waals surface area contributed by atoms with Crippen LogP contribution >= 0.6 is 0 Å². The maximum Gasteiger partial charge on any atom is 0.247 e. The highest BCUT2D eigenvalue weighted by Gasteiger charge is 2.34. The first-order valence-corrected chi connectivity index (χ1v) is 10.4. The van der Waals surface area contributed by atoms with E-state index < -0.39 is 11.9 Å². The van der Waals surface area contributed by atoms with Crippen molar-refractivity contribution in [2.24, 2.45) is 5.92 Å². The lowest BCUT2D eigenvalue weighted by Gasteiger charge is -2.36.